The van der Waals surface area contributed by atoms with Crippen molar-refractivity contribution in [3.8, 4) is 0 Å². The van der Waals surface area contributed by atoms with Crippen molar-refractivity contribution < 1.29 is 9.00 Å². The lowest BCUT2D eigenvalue weighted by atomic mass is 10.0. The molecule has 0 spiro atoms. The van der Waals surface area contributed by atoms with Crippen LogP contribution in [0.5, 0.6) is 0 Å². The molecule has 5 heteroatoms. The zero-order valence-corrected chi connectivity index (χ0v) is 13.3. The third-order valence-electron chi connectivity index (χ3n) is 4.06. The summed E-state index contributed by atoms with van der Waals surface area (Å²) in [6.07, 6.45) is 5.45. The van der Waals surface area contributed by atoms with Crippen LogP contribution in [0.1, 0.15) is 44.6 Å². The minimum absolute atomic E-state index is 0.167. The fraction of sp³-hybridized carbons (Fsp3) is 0.562. The average Bonchev–Trinajstić information content (AvgIpc) is 2.55. The predicted octanol–water partition coefficient (Wildman–Crippen LogP) is 2.55. The van der Waals surface area contributed by atoms with Crippen molar-refractivity contribution in [1.82, 2.24) is 0 Å². The highest BCUT2D eigenvalue weighted by Crippen LogP contribution is 2.24. The Morgan fingerprint density at radius 1 is 1.29 bits per heavy atom. The van der Waals surface area contributed by atoms with Gasteiger partial charge in [0.15, 0.2) is 0 Å². The smallest absolute Gasteiger partial charge is 0.239 e. The van der Waals surface area contributed by atoms with Crippen LogP contribution in [-0.2, 0) is 22.1 Å². The van der Waals surface area contributed by atoms with Crippen molar-refractivity contribution in [3.05, 3.63) is 29.8 Å². The SMILES string of the molecule is CC(C(=O)Nc1ccc(CN)cc1)S(=O)C1CCCCC1. The molecular formula is C16H24N2O2S. The Morgan fingerprint density at radius 2 is 1.90 bits per heavy atom. The van der Waals surface area contributed by atoms with Crippen molar-refractivity contribution in [2.24, 2.45) is 5.73 Å². The molecular weight excluding hydrogens is 284 g/mol. The topological polar surface area (TPSA) is 72.2 Å². The van der Waals surface area contributed by atoms with E-state index in [2.05, 4.69) is 5.32 Å². The van der Waals surface area contributed by atoms with E-state index >= 15 is 0 Å². The van der Waals surface area contributed by atoms with E-state index in [1.807, 2.05) is 24.3 Å². The molecule has 2 atom stereocenters. The molecule has 0 bridgehead atoms. The Labute approximate surface area is 129 Å². The standard InChI is InChI=1S/C16H24N2O2S/c1-12(21(20)15-5-3-2-4-6-15)16(19)18-14-9-7-13(11-17)8-10-14/h7-10,12,15H,2-6,11,17H2,1H3,(H,18,19). The van der Waals surface area contributed by atoms with Gasteiger partial charge < -0.3 is 11.1 Å². The molecule has 116 valence electrons. The summed E-state index contributed by atoms with van der Waals surface area (Å²) in [7, 11) is -1.09. The maximum absolute atomic E-state index is 12.5. The second-order valence-corrected chi connectivity index (χ2v) is 7.65. The van der Waals surface area contributed by atoms with E-state index in [1.54, 1.807) is 6.92 Å². The molecule has 1 amide bonds. The lowest BCUT2D eigenvalue weighted by Gasteiger charge is -2.23. The molecule has 0 radical (unpaired) electrons. The summed E-state index contributed by atoms with van der Waals surface area (Å²) < 4.78 is 12.5. The zero-order chi connectivity index (χ0) is 15.2. The number of anilines is 1. The first-order chi connectivity index (χ1) is 10.1. The van der Waals surface area contributed by atoms with Crippen LogP contribution in [0, 0.1) is 0 Å². The second-order valence-electron chi connectivity index (χ2n) is 5.62. The van der Waals surface area contributed by atoms with Crippen molar-refractivity contribution in [2.45, 2.75) is 56.1 Å². The van der Waals surface area contributed by atoms with Gasteiger partial charge in [0.05, 0.1) is 0 Å². The van der Waals surface area contributed by atoms with Gasteiger partial charge in [-0.2, -0.15) is 0 Å². The maximum atomic E-state index is 12.5. The Bertz CT molecular complexity index is 496. The highest BCUT2D eigenvalue weighted by Gasteiger charge is 2.28. The fourth-order valence-electron chi connectivity index (χ4n) is 2.66. The summed E-state index contributed by atoms with van der Waals surface area (Å²) in [5.41, 5.74) is 7.29. The van der Waals surface area contributed by atoms with E-state index in [0.717, 1.165) is 36.9 Å². The van der Waals surface area contributed by atoms with E-state index < -0.39 is 16.0 Å². The Hall–Kier alpha value is -1.20. The van der Waals surface area contributed by atoms with Crippen molar-refractivity contribution in [3.63, 3.8) is 0 Å². The van der Waals surface area contributed by atoms with Crippen LogP contribution < -0.4 is 11.1 Å². The number of hydrogen-bond acceptors (Lipinski definition) is 3. The normalized spacial score (nSPS) is 19.0. The van der Waals surface area contributed by atoms with E-state index in [4.69, 9.17) is 5.73 Å². The van der Waals surface area contributed by atoms with Crippen LogP contribution in [0.2, 0.25) is 0 Å². The number of carbonyl (C=O) groups is 1. The molecule has 2 rings (SSSR count). The van der Waals surface area contributed by atoms with Crippen LogP contribution in [0.3, 0.4) is 0 Å². The lowest BCUT2D eigenvalue weighted by molar-refractivity contribution is -0.115. The highest BCUT2D eigenvalue weighted by atomic mass is 32.2. The summed E-state index contributed by atoms with van der Waals surface area (Å²) >= 11 is 0. The molecule has 1 aromatic carbocycles. The molecule has 2 unspecified atom stereocenters. The van der Waals surface area contributed by atoms with E-state index in [-0.39, 0.29) is 11.2 Å². The Kier molecular flexibility index (Phi) is 5.94. The first kappa shape index (κ1) is 16.2. The number of benzene rings is 1. The molecule has 3 N–H and O–H groups in total. The van der Waals surface area contributed by atoms with Crippen LogP contribution in [0.25, 0.3) is 0 Å². The van der Waals surface area contributed by atoms with E-state index in [9.17, 15) is 9.00 Å². The van der Waals surface area contributed by atoms with Gasteiger partial charge in [0.2, 0.25) is 5.91 Å². The highest BCUT2D eigenvalue weighted by molar-refractivity contribution is 7.87. The lowest BCUT2D eigenvalue weighted by Crippen LogP contribution is -2.35. The molecule has 1 saturated carbocycles. The van der Waals surface area contributed by atoms with Gasteiger partial charge in [-0.1, -0.05) is 31.4 Å². The summed E-state index contributed by atoms with van der Waals surface area (Å²) in [6.45, 7) is 2.24. The largest absolute Gasteiger partial charge is 0.326 e. The Balaban J connectivity index is 1.93. The first-order valence-electron chi connectivity index (χ1n) is 7.61. The average molecular weight is 308 g/mol. The minimum Gasteiger partial charge on any atom is -0.326 e. The molecule has 0 heterocycles. The summed E-state index contributed by atoms with van der Waals surface area (Å²) in [5, 5.41) is 2.55. The summed E-state index contributed by atoms with van der Waals surface area (Å²) in [5.74, 6) is -0.167. The summed E-state index contributed by atoms with van der Waals surface area (Å²) in [4.78, 5) is 12.2. The van der Waals surface area contributed by atoms with Crippen molar-refractivity contribution in [1.29, 1.82) is 0 Å². The van der Waals surface area contributed by atoms with Crippen LogP contribution in [-0.4, -0.2) is 20.6 Å². The maximum Gasteiger partial charge on any atom is 0.239 e. The third-order valence-corrected chi connectivity index (χ3v) is 6.10. The quantitative estimate of drug-likeness (QED) is 0.878. The monoisotopic (exact) mass is 308 g/mol. The predicted molar refractivity (Wildman–Crippen MR) is 87.4 cm³/mol. The third kappa shape index (κ3) is 4.38. The van der Waals surface area contributed by atoms with Gasteiger partial charge >= 0.3 is 0 Å². The van der Waals surface area contributed by atoms with Gasteiger partial charge in [-0.3, -0.25) is 9.00 Å². The van der Waals surface area contributed by atoms with Gasteiger partial charge in [0.1, 0.15) is 5.25 Å². The van der Waals surface area contributed by atoms with Gasteiger partial charge in [-0.25, -0.2) is 0 Å². The zero-order valence-electron chi connectivity index (χ0n) is 12.5. The molecule has 21 heavy (non-hydrogen) atoms. The molecule has 1 aliphatic carbocycles. The van der Waals surface area contributed by atoms with Crippen LogP contribution in [0.15, 0.2) is 24.3 Å². The van der Waals surface area contributed by atoms with Crippen molar-refractivity contribution >= 4 is 22.4 Å². The fourth-order valence-corrected chi connectivity index (χ4v) is 4.30. The second kappa shape index (κ2) is 7.71. The van der Waals surface area contributed by atoms with Gasteiger partial charge in [-0.05, 0) is 37.5 Å². The number of nitrogens with one attached hydrogen (secondary N) is 1. The van der Waals surface area contributed by atoms with E-state index in [0.29, 0.717) is 6.54 Å². The first-order valence-corrected chi connectivity index (χ1v) is 8.88. The van der Waals surface area contributed by atoms with Crippen LogP contribution in [0.4, 0.5) is 5.69 Å². The molecule has 1 aliphatic rings. The molecule has 1 fully saturated rings. The molecule has 0 aromatic heterocycles. The minimum atomic E-state index is -1.09. The van der Waals surface area contributed by atoms with Crippen molar-refractivity contribution in [2.75, 3.05) is 5.32 Å². The van der Waals surface area contributed by atoms with Gasteiger partial charge in [0, 0.05) is 28.3 Å². The molecule has 0 aliphatic heterocycles. The molecule has 4 nitrogen and oxygen atoms in total. The number of hydrogen-bond donors (Lipinski definition) is 2. The summed E-state index contributed by atoms with van der Waals surface area (Å²) in [6, 6.07) is 7.43. The number of carbonyl (C=O) groups excluding carboxylic acids is 1. The molecule has 1 aromatic rings. The molecule has 0 saturated heterocycles. The van der Waals surface area contributed by atoms with Crippen LogP contribution >= 0.6 is 0 Å². The van der Waals surface area contributed by atoms with E-state index in [1.165, 1.54) is 6.42 Å². The Morgan fingerprint density at radius 3 is 2.48 bits per heavy atom. The number of rotatable bonds is 5. The van der Waals surface area contributed by atoms with Gasteiger partial charge in [-0.15, -0.1) is 0 Å². The number of nitrogens with two attached hydrogens (primary N) is 1. The number of amides is 1. The van der Waals surface area contributed by atoms with Gasteiger partial charge in [0.25, 0.3) is 0 Å².